The fourth-order valence-electron chi connectivity index (χ4n) is 3.07. The number of hydrogen-bond acceptors (Lipinski definition) is 2. The zero-order valence-corrected chi connectivity index (χ0v) is 11.5. The molecule has 1 aliphatic carbocycles. The van der Waals surface area contributed by atoms with Gasteiger partial charge in [0.1, 0.15) is 17.7 Å². The summed E-state index contributed by atoms with van der Waals surface area (Å²) >= 11 is 0. The van der Waals surface area contributed by atoms with Crippen molar-refractivity contribution in [1.82, 2.24) is 4.98 Å². The van der Waals surface area contributed by atoms with E-state index in [1.807, 2.05) is 0 Å². The van der Waals surface area contributed by atoms with Gasteiger partial charge < -0.3 is 4.74 Å². The fraction of sp³-hybridized carbons (Fsp3) is 0.353. The summed E-state index contributed by atoms with van der Waals surface area (Å²) in [6, 6.07) is 5.45. The summed E-state index contributed by atoms with van der Waals surface area (Å²) in [5.41, 5.74) is 2.09. The Morgan fingerprint density at radius 1 is 1.05 bits per heavy atom. The highest BCUT2D eigenvalue weighted by molar-refractivity contribution is 5.69. The van der Waals surface area contributed by atoms with Crippen LogP contribution in [0, 0.1) is 17.6 Å². The highest BCUT2D eigenvalue weighted by Crippen LogP contribution is 2.42. The Morgan fingerprint density at radius 3 is 2.67 bits per heavy atom. The van der Waals surface area contributed by atoms with Gasteiger partial charge in [-0.1, -0.05) is 0 Å². The lowest BCUT2D eigenvalue weighted by Crippen LogP contribution is -2.25. The first kappa shape index (κ1) is 12.7. The molecule has 1 aromatic heterocycles. The summed E-state index contributed by atoms with van der Waals surface area (Å²) in [6.07, 6.45) is 6.11. The van der Waals surface area contributed by atoms with Crippen molar-refractivity contribution in [3.8, 4) is 17.0 Å². The Kier molecular flexibility index (Phi) is 2.91. The highest BCUT2D eigenvalue weighted by atomic mass is 19.1. The van der Waals surface area contributed by atoms with Crippen LogP contribution < -0.4 is 4.74 Å². The molecule has 1 aromatic carbocycles. The zero-order chi connectivity index (χ0) is 14.4. The van der Waals surface area contributed by atoms with E-state index in [0.717, 1.165) is 30.0 Å². The molecule has 2 aliphatic rings. The molecule has 0 spiro atoms. The summed E-state index contributed by atoms with van der Waals surface area (Å²) in [4.78, 5) is 4.29. The maximum atomic E-state index is 14.0. The van der Waals surface area contributed by atoms with Crippen molar-refractivity contribution in [2.45, 2.75) is 31.8 Å². The Morgan fingerprint density at radius 2 is 1.90 bits per heavy atom. The number of nitrogens with zero attached hydrogens (tertiary/aromatic N) is 1. The molecular weight excluding hydrogens is 272 g/mol. The average Bonchev–Trinajstić information content (AvgIpc) is 3.31. The lowest BCUT2D eigenvalue weighted by Gasteiger charge is -2.26. The maximum absolute atomic E-state index is 14.0. The fourth-order valence-corrected chi connectivity index (χ4v) is 3.07. The molecule has 0 N–H and O–H groups in total. The predicted octanol–water partition coefficient (Wildman–Crippen LogP) is 4.13. The van der Waals surface area contributed by atoms with Crippen LogP contribution in [0.25, 0.3) is 11.1 Å². The molecule has 1 aliphatic heterocycles. The molecule has 4 rings (SSSR count). The van der Waals surface area contributed by atoms with Crippen LogP contribution in [0.2, 0.25) is 0 Å². The van der Waals surface area contributed by atoms with Crippen molar-refractivity contribution < 1.29 is 13.5 Å². The first-order chi connectivity index (χ1) is 10.2. The quantitative estimate of drug-likeness (QED) is 0.828. The van der Waals surface area contributed by atoms with Crippen molar-refractivity contribution in [2.24, 2.45) is 5.92 Å². The zero-order valence-electron chi connectivity index (χ0n) is 11.5. The van der Waals surface area contributed by atoms with E-state index in [1.54, 1.807) is 12.3 Å². The van der Waals surface area contributed by atoms with Gasteiger partial charge in [0.2, 0.25) is 5.88 Å². The van der Waals surface area contributed by atoms with Gasteiger partial charge in [0, 0.05) is 23.4 Å². The first-order valence-corrected chi connectivity index (χ1v) is 7.32. The molecule has 2 aromatic rings. The number of pyridine rings is 1. The van der Waals surface area contributed by atoms with Gasteiger partial charge >= 0.3 is 0 Å². The molecule has 0 unspecified atom stereocenters. The maximum Gasteiger partial charge on any atom is 0.217 e. The lowest BCUT2D eigenvalue weighted by atomic mass is 9.94. The van der Waals surface area contributed by atoms with E-state index < -0.39 is 11.6 Å². The largest absolute Gasteiger partial charge is 0.474 e. The van der Waals surface area contributed by atoms with Crippen LogP contribution in [0.1, 0.15) is 24.8 Å². The van der Waals surface area contributed by atoms with Crippen LogP contribution in [-0.4, -0.2) is 11.1 Å². The summed E-state index contributed by atoms with van der Waals surface area (Å²) in [5.74, 6) is 0.155. The number of halogens is 2. The SMILES string of the molecule is Fc1ccc(-c2ccnc3c2CC[C@@H](C2CC2)O3)c(F)c1. The Labute approximate surface area is 121 Å². The van der Waals surface area contributed by atoms with E-state index >= 15 is 0 Å². The van der Waals surface area contributed by atoms with Gasteiger partial charge in [-0.05, 0) is 55.4 Å². The summed E-state index contributed by atoms with van der Waals surface area (Å²) < 4.78 is 33.1. The molecule has 0 saturated heterocycles. The number of aromatic nitrogens is 1. The van der Waals surface area contributed by atoms with Gasteiger partial charge in [0.25, 0.3) is 0 Å². The van der Waals surface area contributed by atoms with Gasteiger partial charge in [-0.3, -0.25) is 0 Å². The third-order valence-corrected chi connectivity index (χ3v) is 4.33. The third-order valence-electron chi connectivity index (χ3n) is 4.33. The second-order valence-corrected chi connectivity index (χ2v) is 5.80. The number of ether oxygens (including phenoxy) is 1. The molecule has 4 heteroatoms. The molecule has 1 saturated carbocycles. The van der Waals surface area contributed by atoms with Gasteiger partial charge in [0.15, 0.2) is 0 Å². The minimum atomic E-state index is -0.566. The molecule has 2 heterocycles. The van der Waals surface area contributed by atoms with Gasteiger partial charge in [0.05, 0.1) is 0 Å². The van der Waals surface area contributed by atoms with Crippen LogP contribution in [0.4, 0.5) is 8.78 Å². The third kappa shape index (κ3) is 2.28. The second kappa shape index (κ2) is 4.79. The molecule has 1 fully saturated rings. The number of rotatable bonds is 2. The van der Waals surface area contributed by atoms with Crippen LogP contribution in [0.5, 0.6) is 5.88 Å². The molecule has 21 heavy (non-hydrogen) atoms. The van der Waals surface area contributed by atoms with E-state index in [4.69, 9.17) is 4.74 Å². The Balaban J connectivity index is 1.75. The monoisotopic (exact) mass is 287 g/mol. The average molecular weight is 287 g/mol. The van der Waals surface area contributed by atoms with Gasteiger partial charge in [-0.25, -0.2) is 13.8 Å². The molecule has 0 bridgehead atoms. The van der Waals surface area contributed by atoms with E-state index in [2.05, 4.69) is 4.98 Å². The second-order valence-electron chi connectivity index (χ2n) is 5.80. The smallest absolute Gasteiger partial charge is 0.217 e. The summed E-state index contributed by atoms with van der Waals surface area (Å²) in [5, 5.41) is 0. The van der Waals surface area contributed by atoms with E-state index in [0.29, 0.717) is 17.4 Å². The van der Waals surface area contributed by atoms with Gasteiger partial charge in [-0.2, -0.15) is 0 Å². The number of hydrogen-bond donors (Lipinski definition) is 0. The lowest BCUT2D eigenvalue weighted by molar-refractivity contribution is 0.144. The van der Waals surface area contributed by atoms with E-state index in [9.17, 15) is 8.78 Å². The normalized spacial score (nSPS) is 20.8. The molecule has 108 valence electrons. The number of benzene rings is 1. The van der Waals surface area contributed by atoms with Crippen LogP contribution in [0.15, 0.2) is 30.5 Å². The minimum absolute atomic E-state index is 0.248. The van der Waals surface area contributed by atoms with Crippen molar-refractivity contribution in [1.29, 1.82) is 0 Å². The van der Waals surface area contributed by atoms with Crippen LogP contribution >= 0.6 is 0 Å². The van der Waals surface area contributed by atoms with Crippen molar-refractivity contribution in [2.75, 3.05) is 0 Å². The predicted molar refractivity (Wildman–Crippen MR) is 75.1 cm³/mol. The Bertz CT molecular complexity index is 697. The molecule has 0 amide bonds. The van der Waals surface area contributed by atoms with Crippen molar-refractivity contribution >= 4 is 0 Å². The van der Waals surface area contributed by atoms with Crippen molar-refractivity contribution in [3.05, 3.63) is 47.7 Å². The van der Waals surface area contributed by atoms with Crippen LogP contribution in [-0.2, 0) is 6.42 Å². The van der Waals surface area contributed by atoms with E-state index in [1.165, 1.54) is 25.0 Å². The minimum Gasteiger partial charge on any atom is -0.474 e. The molecular formula is C17H15F2NO. The molecule has 0 radical (unpaired) electrons. The summed E-state index contributed by atoms with van der Waals surface area (Å²) in [7, 11) is 0. The van der Waals surface area contributed by atoms with Crippen LogP contribution in [0.3, 0.4) is 0 Å². The molecule has 1 atom stereocenters. The molecule has 2 nitrogen and oxygen atoms in total. The standard InChI is InChI=1S/C17H15F2NO/c18-11-3-4-13(15(19)9-11)12-7-8-20-17-14(12)5-6-16(21-17)10-1-2-10/h3-4,7-10,16H,1-2,5-6H2/t16-/m0/s1. The number of fused-ring (bicyclic) bond motifs is 1. The van der Waals surface area contributed by atoms with Crippen molar-refractivity contribution in [3.63, 3.8) is 0 Å². The van der Waals surface area contributed by atoms with Gasteiger partial charge in [-0.15, -0.1) is 0 Å². The summed E-state index contributed by atoms with van der Waals surface area (Å²) in [6.45, 7) is 0. The topological polar surface area (TPSA) is 22.1 Å². The first-order valence-electron chi connectivity index (χ1n) is 7.32. The van der Waals surface area contributed by atoms with E-state index in [-0.39, 0.29) is 6.10 Å². The highest BCUT2D eigenvalue weighted by Gasteiger charge is 2.36. The Hall–Kier alpha value is -1.97.